The third-order valence-electron chi connectivity index (χ3n) is 2.65. The lowest BCUT2D eigenvalue weighted by Gasteiger charge is -2.25. The molecule has 0 radical (unpaired) electrons. The average molecular weight is 273 g/mol. The van der Waals surface area contributed by atoms with Crippen LogP contribution in [0.4, 0.5) is 8.78 Å². The number of hydrogen-bond acceptors (Lipinski definition) is 3. The van der Waals surface area contributed by atoms with Gasteiger partial charge in [0, 0.05) is 11.1 Å². The maximum Gasteiger partial charge on any atom is 0.285 e. The lowest BCUT2D eigenvalue weighted by Crippen LogP contribution is -2.42. The molecule has 5 heteroatoms. The quantitative estimate of drug-likeness (QED) is 0.893. The largest absolute Gasteiger partial charge is 0.493 e. The van der Waals surface area contributed by atoms with Crippen molar-refractivity contribution in [3.63, 3.8) is 0 Å². The molecule has 0 aliphatic rings. The molecular formula is C14H21F2NO2. The van der Waals surface area contributed by atoms with Crippen LogP contribution in [0.15, 0.2) is 18.2 Å². The molecule has 1 aromatic carbocycles. The Morgan fingerprint density at radius 3 is 2.11 bits per heavy atom. The number of alkyl halides is 2. The van der Waals surface area contributed by atoms with Crippen molar-refractivity contribution in [2.45, 2.75) is 32.2 Å². The van der Waals surface area contributed by atoms with E-state index in [4.69, 9.17) is 9.47 Å². The van der Waals surface area contributed by atoms with Gasteiger partial charge in [-0.05, 0) is 39.0 Å². The molecule has 0 aliphatic carbocycles. The minimum atomic E-state index is -2.97. The molecule has 0 heterocycles. The van der Waals surface area contributed by atoms with Gasteiger partial charge in [0.05, 0.1) is 20.8 Å². The number of nitrogens with one attached hydrogen (secondary N) is 1. The molecule has 0 saturated heterocycles. The van der Waals surface area contributed by atoms with Crippen LogP contribution < -0.4 is 14.8 Å². The first-order chi connectivity index (χ1) is 8.69. The summed E-state index contributed by atoms with van der Waals surface area (Å²) < 4.78 is 38.2. The van der Waals surface area contributed by atoms with Gasteiger partial charge < -0.3 is 14.8 Å². The zero-order valence-corrected chi connectivity index (χ0v) is 12.0. The Hall–Kier alpha value is -1.36. The zero-order chi connectivity index (χ0) is 14.7. The molecule has 0 aliphatic heterocycles. The van der Waals surface area contributed by atoms with Crippen molar-refractivity contribution in [2.24, 2.45) is 0 Å². The second-order valence-corrected chi connectivity index (χ2v) is 5.38. The first kappa shape index (κ1) is 15.7. The molecule has 0 amide bonds. The molecule has 1 aromatic rings. The average Bonchev–Trinajstić information content (AvgIpc) is 2.35. The van der Waals surface area contributed by atoms with Crippen molar-refractivity contribution in [2.75, 3.05) is 20.8 Å². The van der Waals surface area contributed by atoms with E-state index in [1.807, 2.05) is 20.8 Å². The fourth-order valence-electron chi connectivity index (χ4n) is 1.54. The second kappa shape index (κ2) is 5.74. The van der Waals surface area contributed by atoms with Gasteiger partial charge in [0.15, 0.2) is 11.5 Å². The maximum atomic E-state index is 14.1. The van der Waals surface area contributed by atoms with Gasteiger partial charge in [0.1, 0.15) is 0 Å². The van der Waals surface area contributed by atoms with Gasteiger partial charge in [-0.2, -0.15) is 8.78 Å². The van der Waals surface area contributed by atoms with E-state index in [1.54, 1.807) is 0 Å². The summed E-state index contributed by atoms with van der Waals surface area (Å²) >= 11 is 0. The van der Waals surface area contributed by atoms with Crippen molar-refractivity contribution in [1.82, 2.24) is 5.32 Å². The number of rotatable bonds is 5. The summed E-state index contributed by atoms with van der Waals surface area (Å²) in [4.78, 5) is 0. The maximum absolute atomic E-state index is 14.1. The predicted octanol–water partition coefficient (Wildman–Crippen LogP) is 3.18. The summed E-state index contributed by atoms with van der Waals surface area (Å²) in [5.41, 5.74) is -0.457. The molecule has 3 nitrogen and oxygen atoms in total. The summed E-state index contributed by atoms with van der Waals surface area (Å²) in [6.07, 6.45) is 0. The highest BCUT2D eigenvalue weighted by Crippen LogP contribution is 2.35. The molecule has 0 fully saturated rings. The van der Waals surface area contributed by atoms with E-state index in [0.717, 1.165) is 0 Å². The van der Waals surface area contributed by atoms with Crippen LogP contribution in [0.1, 0.15) is 26.3 Å². The number of halogens is 2. The van der Waals surface area contributed by atoms with Crippen LogP contribution in [0.5, 0.6) is 11.5 Å². The molecular weight excluding hydrogens is 252 g/mol. The Labute approximate surface area is 112 Å². The first-order valence-corrected chi connectivity index (χ1v) is 6.05. The third kappa shape index (κ3) is 4.35. The summed E-state index contributed by atoms with van der Waals surface area (Å²) in [6.45, 7) is 5.11. The van der Waals surface area contributed by atoms with E-state index in [0.29, 0.717) is 11.5 Å². The SMILES string of the molecule is COc1ccc(C(F)(F)CNC(C)(C)C)cc1OC. The Bertz CT molecular complexity index is 428. The molecule has 0 atom stereocenters. The van der Waals surface area contributed by atoms with Crippen LogP contribution in [-0.4, -0.2) is 26.3 Å². The number of hydrogen-bond donors (Lipinski definition) is 1. The molecule has 1 N–H and O–H groups in total. The fraction of sp³-hybridized carbons (Fsp3) is 0.571. The summed E-state index contributed by atoms with van der Waals surface area (Å²) in [5.74, 6) is -2.23. The normalized spacial score (nSPS) is 12.4. The van der Waals surface area contributed by atoms with Gasteiger partial charge in [-0.25, -0.2) is 0 Å². The molecule has 108 valence electrons. The highest BCUT2D eigenvalue weighted by atomic mass is 19.3. The Morgan fingerprint density at radius 2 is 1.63 bits per heavy atom. The zero-order valence-electron chi connectivity index (χ0n) is 12.0. The van der Waals surface area contributed by atoms with E-state index in [9.17, 15) is 8.78 Å². The van der Waals surface area contributed by atoms with E-state index < -0.39 is 12.5 Å². The van der Waals surface area contributed by atoms with Crippen LogP contribution in [-0.2, 0) is 5.92 Å². The van der Waals surface area contributed by atoms with Gasteiger partial charge in [-0.1, -0.05) is 0 Å². The van der Waals surface area contributed by atoms with E-state index in [1.165, 1.54) is 32.4 Å². The number of ether oxygens (including phenoxy) is 2. The standard InChI is InChI=1S/C14H21F2NO2/c1-13(2,3)17-9-14(15,16)10-6-7-11(18-4)12(8-10)19-5/h6-8,17H,9H2,1-5H3. The summed E-state index contributed by atoms with van der Waals surface area (Å²) in [7, 11) is 2.89. The predicted molar refractivity (Wildman–Crippen MR) is 71.2 cm³/mol. The minimum absolute atomic E-state index is 0.0955. The van der Waals surface area contributed by atoms with E-state index in [2.05, 4.69) is 5.32 Å². The molecule has 19 heavy (non-hydrogen) atoms. The minimum Gasteiger partial charge on any atom is -0.493 e. The van der Waals surface area contributed by atoms with Gasteiger partial charge in [0.25, 0.3) is 5.92 Å². The molecule has 0 unspecified atom stereocenters. The highest BCUT2D eigenvalue weighted by molar-refractivity contribution is 5.44. The second-order valence-electron chi connectivity index (χ2n) is 5.38. The van der Waals surface area contributed by atoms with Gasteiger partial charge in [-0.15, -0.1) is 0 Å². The van der Waals surface area contributed by atoms with Crippen molar-refractivity contribution < 1.29 is 18.3 Å². The third-order valence-corrected chi connectivity index (χ3v) is 2.65. The van der Waals surface area contributed by atoms with E-state index >= 15 is 0 Å². The topological polar surface area (TPSA) is 30.5 Å². The molecule has 0 bridgehead atoms. The van der Waals surface area contributed by atoms with Crippen LogP contribution >= 0.6 is 0 Å². The van der Waals surface area contributed by atoms with Crippen LogP contribution in [0.3, 0.4) is 0 Å². The van der Waals surface area contributed by atoms with Crippen molar-refractivity contribution >= 4 is 0 Å². The van der Waals surface area contributed by atoms with Crippen LogP contribution in [0.2, 0.25) is 0 Å². The first-order valence-electron chi connectivity index (χ1n) is 6.05. The lowest BCUT2D eigenvalue weighted by atomic mass is 10.0. The van der Waals surface area contributed by atoms with Gasteiger partial charge >= 0.3 is 0 Å². The molecule has 0 spiro atoms. The monoisotopic (exact) mass is 273 g/mol. The number of methoxy groups -OCH3 is 2. The van der Waals surface area contributed by atoms with Gasteiger partial charge in [0.2, 0.25) is 0 Å². The van der Waals surface area contributed by atoms with Crippen molar-refractivity contribution in [3.8, 4) is 11.5 Å². The van der Waals surface area contributed by atoms with Gasteiger partial charge in [-0.3, -0.25) is 0 Å². The smallest absolute Gasteiger partial charge is 0.285 e. The molecule has 0 saturated carbocycles. The Kier molecular flexibility index (Phi) is 4.74. The van der Waals surface area contributed by atoms with Crippen LogP contribution in [0.25, 0.3) is 0 Å². The molecule has 0 aromatic heterocycles. The Morgan fingerprint density at radius 1 is 1.05 bits per heavy atom. The highest BCUT2D eigenvalue weighted by Gasteiger charge is 2.33. The van der Waals surface area contributed by atoms with Crippen LogP contribution in [0, 0.1) is 0 Å². The van der Waals surface area contributed by atoms with Crippen molar-refractivity contribution in [1.29, 1.82) is 0 Å². The fourth-order valence-corrected chi connectivity index (χ4v) is 1.54. The summed E-state index contributed by atoms with van der Waals surface area (Å²) in [6, 6.07) is 4.15. The lowest BCUT2D eigenvalue weighted by molar-refractivity contribution is -0.00882. The number of benzene rings is 1. The Balaban J connectivity index is 2.94. The van der Waals surface area contributed by atoms with Crippen molar-refractivity contribution in [3.05, 3.63) is 23.8 Å². The summed E-state index contributed by atoms with van der Waals surface area (Å²) in [5, 5.41) is 2.80. The van der Waals surface area contributed by atoms with E-state index in [-0.39, 0.29) is 11.1 Å². The molecule has 1 rings (SSSR count).